The van der Waals surface area contributed by atoms with Crippen LogP contribution in [0.3, 0.4) is 0 Å². The van der Waals surface area contributed by atoms with Gasteiger partial charge in [-0.15, -0.1) is 0 Å². The van der Waals surface area contributed by atoms with Gasteiger partial charge in [-0.3, -0.25) is 0 Å². The number of rotatable bonds is 4. The first-order valence-electron chi connectivity index (χ1n) is 6.03. The fraction of sp³-hybridized carbons (Fsp3) is 0.133. The third-order valence-electron chi connectivity index (χ3n) is 3.01. The number of hydrogen-bond acceptors (Lipinski definition) is 2. The summed E-state index contributed by atoms with van der Waals surface area (Å²) in [5.41, 5.74) is 7.29. The van der Waals surface area contributed by atoms with Gasteiger partial charge >= 0.3 is 0 Å². The van der Waals surface area contributed by atoms with E-state index in [1.807, 2.05) is 0 Å². The number of thiocarbonyl (C=S) groups is 1. The van der Waals surface area contributed by atoms with Crippen LogP contribution in [-0.4, -0.2) is 12.0 Å². The van der Waals surface area contributed by atoms with Gasteiger partial charge in [0.05, 0.1) is 5.69 Å². The Labute approximate surface area is 121 Å². The minimum atomic E-state index is -0.398. The smallest absolute Gasteiger partial charge is 0.146 e. The second kappa shape index (κ2) is 5.96. The van der Waals surface area contributed by atoms with Gasteiger partial charge < -0.3 is 10.6 Å². The first-order valence-corrected chi connectivity index (χ1v) is 6.43. The molecule has 0 heterocycles. The van der Waals surface area contributed by atoms with Crippen LogP contribution in [0.25, 0.3) is 0 Å². The van der Waals surface area contributed by atoms with E-state index >= 15 is 0 Å². The van der Waals surface area contributed by atoms with Gasteiger partial charge in [-0.1, -0.05) is 30.4 Å². The fourth-order valence-electron chi connectivity index (χ4n) is 2.02. The zero-order chi connectivity index (χ0) is 14.7. The van der Waals surface area contributed by atoms with Gasteiger partial charge in [0.2, 0.25) is 0 Å². The van der Waals surface area contributed by atoms with E-state index in [0.29, 0.717) is 17.8 Å². The largest absolute Gasteiger partial charge is 0.389 e. The van der Waals surface area contributed by atoms with Crippen LogP contribution in [0, 0.1) is 11.6 Å². The van der Waals surface area contributed by atoms with Crippen molar-refractivity contribution in [3.8, 4) is 0 Å². The Bertz CT molecular complexity index is 644. The average Bonchev–Trinajstić information content (AvgIpc) is 2.41. The van der Waals surface area contributed by atoms with E-state index in [-0.39, 0.29) is 10.8 Å². The first kappa shape index (κ1) is 14.4. The van der Waals surface area contributed by atoms with Crippen molar-refractivity contribution < 1.29 is 8.78 Å². The van der Waals surface area contributed by atoms with Gasteiger partial charge in [-0.05, 0) is 29.8 Å². The molecule has 0 unspecified atom stereocenters. The molecule has 0 aliphatic heterocycles. The van der Waals surface area contributed by atoms with Gasteiger partial charge in [-0.25, -0.2) is 8.78 Å². The zero-order valence-corrected chi connectivity index (χ0v) is 11.8. The van der Waals surface area contributed by atoms with Gasteiger partial charge in [0.15, 0.2) is 0 Å². The summed E-state index contributed by atoms with van der Waals surface area (Å²) in [7, 11) is 1.76. The normalized spacial score (nSPS) is 10.3. The lowest BCUT2D eigenvalue weighted by Gasteiger charge is -2.21. The van der Waals surface area contributed by atoms with Crippen LogP contribution >= 0.6 is 12.2 Å². The monoisotopic (exact) mass is 292 g/mol. The zero-order valence-electron chi connectivity index (χ0n) is 10.9. The molecule has 0 aliphatic carbocycles. The van der Waals surface area contributed by atoms with Crippen LogP contribution < -0.4 is 10.6 Å². The standard InChI is InChI=1S/C15H14F2N2S/c1-19(14-5-3-2-4-13(14)17)9-10-6-7-11(16)8-12(10)15(18)20/h2-8H,9H2,1H3,(H2,18,20). The van der Waals surface area contributed by atoms with Gasteiger partial charge in [0.25, 0.3) is 0 Å². The van der Waals surface area contributed by atoms with E-state index in [2.05, 4.69) is 0 Å². The number of para-hydroxylation sites is 1. The van der Waals surface area contributed by atoms with E-state index in [0.717, 1.165) is 5.56 Å². The number of anilines is 1. The summed E-state index contributed by atoms with van der Waals surface area (Å²) < 4.78 is 27.0. The Kier molecular flexibility index (Phi) is 4.29. The lowest BCUT2D eigenvalue weighted by Crippen LogP contribution is -2.21. The molecule has 2 aromatic carbocycles. The fourth-order valence-corrected chi connectivity index (χ4v) is 2.21. The predicted octanol–water partition coefficient (Wildman–Crippen LogP) is 3.24. The van der Waals surface area contributed by atoms with Gasteiger partial charge in [-0.2, -0.15) is 0 Å². The number of nitrogens with two attached hydrogens (primary N) is 1. The van der Waals surface area contributed by atoms with E-state index in [9.17, 15) is 8.78 Å². The molecule has 0 saturated heterocycles. The molecule has 0 fully saturated rings. The van der Waals surface area contributed by atoms with Crippen molar-refractivity contribution in [1.82, 2.24) is 0 Å². The third-order valence-corrected chi connectivity index (χ3v) is 3.23. The molecule has 5 heteroatoms. The van der Waals surface area contributed by atoms with E-state index < -0.39 is 5.82 Å². The van der Waals surface area contributed by atoms with Crippen molar-refractivity contribution in [1.29, 1.82) is 0 Å². The van der Waals surface area contributed by atoms with Crippen molar-refractivity contribution >= 4 is 22.9 Å². The van der Waals surface area contributed by atoms with E-state index in [1.165, 1.54) is 18.2 Å². The highest BCUT2D eigenvalue weighted by molar-refractivity contribution is 7.80. The molecule has 0 aliphatic rings. The Morgan fingerprint density at radius 2 is 1.90 bits per heavy atom. The van der Waals surface area contributed by atoms with Crippen molar-refractivity contribution in [2.75, 3.05) is 11.9 Å². The molecule has 0 amide bonds. The van der Waals surface area contributed by atoms with Crippen LogP contribution in [0.1, 0.15) is 11.1 Å². The number of hydrogen-bond donors (Lipinski definition) is 1. The molecule has 2 aromatic rings. The van der Waals surface area contributed by atoms with Crippen LogP contribution in [0.2, 0.25) is 0 Å². The lowest BCUT2D eigenvalue weighted by molar-refractivity contribution is 0.620. The molecule has 0 aromatic heterocycles. The third kappa shape index (κ3) is 3.11. The summed E-state index contributed by atoms with van der Waals surface area (Å²) in [6.45, 7) is 0.383. The highest BCUT2D eigenvalue weighted by atomic mass is 32.1. The molecule has 0 bridgehead atoms. The average molecular weight is 292 g/mol. The Morgan fingerprint density at radius 1 is 1.20 bits per heavy atom. The molecular formula is C15H14F2N2S. The Balaban J connectivity index is 2.31. The maximum atomic E-state index is 13.7. The summed E-state index contributed by atoms with van der Waals surface area (Å²) in [5, 5.41) is 0. The molecule has 0 atom stereocenters. The summed E-state index contributed by atoms with van der Waals surface area (Å²) in [6, 6.07) is 10.7. The number of benzene rings is 2. The van der Waals surface area contributed by atoms with Gasteiger partial charge in [0, 0.05) is 19.2 Å². The summed E-state index contributed by atoms with van der Waals surface area (Å²) in [4.78, 5) is 1.85. The topological polar surface area (TPSA) is 29.3 Å². The summed E-state index contributed by atoms with van der Waals surface area (Å²) >= 11 is 4.92. The molecule has 2 nitrogen and oxygen atoms in total. The van der Waals surface area contributed by atoms with Crippen molar-refractivity contribution in [2.45, 2.75) is 6.54 Å². The van der Waals surface area contributed by atoms with Crippen molar-refractivity contribution in [3.63, 3.8) is 0 Å². The molecule has 0 saturated carbocycles. The Morgan fingerprint density at radius 3 is 2.55 bits per heavy atom. The van der Waals surface area contributed by atoms with Gasteiger partial charge in [0.1, 0.15) is 16.6 Å². The maximum absolute atomic E-state index is 13.7. The minimum absolute atomic E-state index is 0.126. The highest BCUT2D eigenvalue weighted by Crippen LogP contribution is 2.21. The molecule has 2 rings (SSSR count). The molecule has 0 radical (unpaired) electrons. The maximum Gasteiger partial charge on any atom is 0.146 e. The minimum Gasteiger partial charge on any atom is -0.389 e. The second-order valence-corrected chi connectivity index (χ2v) is 4.91. The quantitative estimate of drug-likeness (QED) is 0.877. The molecular weight excluding hydrogens is 278 g/mol. The number of nitrogens with zero attached hydrogens (tertiary/aromatic N) is 1. The Hall–Kier alpha value is -2.01. The van der Waals surface area contributed by atoms with E-state index in [4.69, 9.17) is 18.0 Å². The SMILES string of the molecule is CN(Cc1ccc(F)cc1C(N)=S)c1ccccc1F. The molecule has 2 N–H and O–H groups in total. The van der Waals surface area contributed by atoms with Crippen LogP contribution in [0.15, 0.2) is 42.5 Å². The molecule has 0 spiro atoms. The first-order chi connectivity index (χ1) is 9.49. The summed E-state index contributed by atoms with van der Waals surface area (Å²) in [5.74, 6) is -0.709. The number of halogens is 2. The van der Waals surface area contributed by atoms with E-state index in [1.54, 1.807) is 36.2 Å². The summed E-state index contributed by atoms with van der Waals surface area (Å²) in [6.07, 6.45) is 0. The van der Waals surface area contributed by atoms with Crippen LogP contribution in [0.5, 0.6) is 0 Å². The molecule has 104 valence electrons. The van der Waals surface area contributed by atoms with Crippen molar-refractivity contribution in [2.24, 2.45) is 5.73 Å². The lowest BCUT2D eigenvalue weighted by atomic mass is 10.1. The van der Waals surface area contributed by atoms with Crippen LogP contribution in [-0.2, 0) is 6.54 Å². The highest BCUT2D eigenvalue weighted by Gasteiger charge is 2.12. The predicted molar refractivity (Wildman–Crippen MR) is 80.8 cm³/mol. The second-order valence-electron chi connectivity index (χ2n) is 4.47. The molecule has 20 heavy (non-hydrogen) atoms. The van der Waals surface area contributed by atoms with Crippen LogP contribution in [0.4, 0.5) is 14.5 Å². The van der Waals surface area contributed by atoms with Crippen molar-refractivity contribution in [3.05, 3.63) is 65.2 Å².